The Morgan fingerprint density at radius 1 is 1.29 bits per heavy atom. The van der Waals surface area contributed by atoms with E-state index in [1.807, 2.05) is 0 Å². The largest absolute Gasteiger partial charge is 0.370 e. The van der Waals surface area contributed by atoms with Gasteiger partial charge in [-0.3, -0.25) is 4.90 Å². The lowest BCUT2D eigenvalue weighted by molar-refractivity contribution is -0.130. The third-order valence-corrected chi connectivity index (χ3v) is 3.85. The third-order valence-electron chi connectivity index (χ3n) is 3.85. The Morgan fingerprint density at radius 2 is 1.95 bits per heavy atom. The molecule has 21 heavy (non-hydrogen) atoms. The zero-order chi connectivity index (χ0) is 15.5. The lowest BCUT2D eigenvalue weighted by Crippen LogP contribution is -2.51. The van der Waals surface area contributed by atoms with E-state index in [9.17, 15) is 0 Å². The van der Waals surface area contributed by atoms with Gasteiger partial charge in [0.1, 0.15) is 0 Å². The van der Waals surface area contributed by atoms with Gasteiger partial charge >= 0.3 is 0 Å². The number of ether oxygens (including phenoxy) is 1. The van der Waals surface area contributed by atoms with Crippen molar-refractivity contribution in [2.45, 2.75) is 65.5 Å². The second-order valence-corrected chi connectivity index (χ2v) is 7.16. The summed E-state index contributed by atoms with van der Waals surface area (Å²) in [6.45, 7) is 14.9. The first kappa shape index (κ1) is 16.5. The summed E-state index contributed by atoms with van der Waals surface area (Å²) in [6.07, 6.45) is 0.301. The second-order valence-electron chi connectivity index (χ2n) is 7.16. The van der Waals surface area contributed by atoms with E-state index in [-0.39, 0.29) is 5.60 Å². The number of rotatable bonds is 5. The Bertz CT molecular complexity index is 456. The smallest absolute Gasteiger partial charge is 0.0757 e. The molecule has 118 valence electrons. The quantitative estimate of drug-likeness (QED) is 0.901. The van der Waals surface area contributed by atoms with E-state index < -0.39 is 0 Å². The molecule has 0 aliphatic carbocycles. The summed E-state index contributed by atoms with van der Waals surface area (Å²) in [5, 5.41) is 3.52. The minimum Gasteiger partial charge on any atom is -0.370 e. The fourth-order valence-electron chi connectivity index (χ4n) is 3.15. The molecule has 1 unspecified atom stereocenters. The topological polar surface area (TPSA) is 24.5 Å². The fraction of sp³-hybridized carbons (Fsp3) is 0.667. The van der Waals surface area contributed by atoms with Crippen LogP contribution in [0.2, 0.25) is 0 Å². The van der Waals surface area contributed by atoms with E-state index >= 15 is 0 Å². The molecule has 0 saturated carbocycles. The first-order chi connectivity index (χ1) is 9.85. The van der Waals surface area contributed by atoms with Gasteiger partial charge in [0.15, 0.2) is 0 Å². The molecule has 1 aliphatic heterocycles. The van der Waals surface area contributed by atoms with Crippen LogP contribution in [-0.2, 0) is 17.8 Å². The van der Waals surface area contributed by atoms with E-state index in [2.05, 4.69) is 69.1 Å². The lowest BCUT2D eigenvalue weighted by Gasteiger charge is -2.42. The van der Waals surface area contributed by atoms with Gasteiger partial charge in [0.05, 0.1) is 11.7 Å². The highest BCUT2D eigenvalue weighted by molar-refractivity contribution is 5.27. The molecular formula is C18H30N2O. The standard InChI is InChI=1S/C18H30N2O/c1-14(2)19-10-16-8-6-7-9-17(16)12-20-11-15(3)21-18(4,5)13-20/h6-9,14-15,19H,10-13H2,1-5H3. The van der Waals surface area contributed by atoms with Crippen LogP contribution in [-0.4, -0.2) is 35.7 Å². The molecule has 2 rings (SSSR count). The summed E-state index contributed by atoms with van der Waals surface area (Å²) >= 11 is 0. The fourth-order valence-corrected chi connectivity index (χ4v) is 3.15. The average Bonchev–Trinajstić information content (AvgIpc) is 2.35. The number of hydrogen-bond acceptors (Lipinski definition) is 3. The van der Waals surface area contributed by atoms with Crippen LogP contribution >= 0.6 is 0 Å². The van der Waals surface area contributed by atoms with Crippen LogP contribution in [0.3, 0.4) is 0 Å². The molecule has 1 aromatic carbocycles. The number of morpholine rings is 1. The summed E-state index contributed by atoms with van der Waals surface area (Å²) in [6, 6.07) is 9.28. The highest BCUT2D eigenvalue weighted by Gasteiger charge is 2.31. The van der Waals surface area contributed by atoms with Crippen molar-refractivity contribution < 1.29 is 4.74 Å². The zero-order valence-electron chi connectivity index (χ0n) is 14.1. The number of nitrogens with one attached hydrogen (secondary N) is 1. The van der Waals surface area contributed by atoms with Crippen molar-refractivity contribution in [3.8, 4) is 0 Å². The van der Waals surface area contributed by atoms with Crippen LogP contribution in [0.15, 0.2) is 24.3 Å². The van der Waals surface area contributed by atoms with E-state index in [0.717, 1.165) is 26.2 Å². The number of nitrogens with zero attached hydrogens (tertiary/aromatic N) is 1. The molecule has 1 atom stereocenters. The maximum Gasteiger partial charge on any atom is 0.0757 e. The maximum absolute atomic E-state index is 6.00. The predicted molar refractivity (Wildman–Crippen MR) is 88.3 cm³/mol. The molecule has 1 heterocycles. The van der Waals surface area contributed by atoms with E-state index in [1.54, 1.807) is 0 Å². The van der Waals surface area contributed by atoms with Gasteiger partial charge < -0.3 is 10.1 Å². The molecule has 0 amide bonds. The van der Waals surface area contributed by atoms with Crippen molar-refractivity contribution in [2.75, 3.05) is 13.1 Å². The second kappa shape index (κ2) is 6.91. The monoisotopic (exact) mass is 290 g/mol. The summed E-state index contributed by atoms with van der Waals surface area (Å²) in [5.41, 5.74) is 2.78. The molecule has 3 nitrogen and oxygen atoms in total. The molecule has 0 bridgehead atoms. The molecule has 1 saturated heterocycles. The van der Waals surface area contributed by atoms with Gasteiger partial charge in [0.2, 0.25) is 0 Å². The van der Waals surface area contributed by atoms with Gasteiger partial charge in [-0.25, -0.2) is 0 Å². The molecule has 0 aromatic heterocycles. The van der Waals surface area contributed by atoms with Gasteiger partial charge in [0.25, 0.3) is 0 Å². The summed E-state index contributed by atoms with van der Waals surface area (Å²) < 4.78 is 6.00. The Hall–Kier alpha value is -0.900. The van der Waals surface area contributed by atoms with Crippen molar-refractivity contribution in [1.82, 2.24) is 10.2 Å². The summed E-state index contributed by atoms with van der Waals surface area (Å²) in [5.74, 6) is 0. The average molecular weight is 290 g/mol. The Balaban J connectivity index is 2.05. The Kier molecular flexibility index (Phi) is 5.42. The molecule has 0 spiro atoms. The molecule has 1 fully saturated rings. The van der Waals surface area contributed by atoms with Gasteiger partial charge in [-0.2, -0.15) is 0 Å². The number of benzene rings is 1. The highest BCUT2D eigenvalue weighted by atomic mass is 16.5. The zero-order valence-corrected chi connectivity index (χ0v) is 14.1. The van der Waals surface area contributed by atoms with Gasteiger partial charge in [-0.15, -0.1) is 0 Å². The highest BCUT2D eigenvalue weighted by Crippen LogP contribution is 2.23. The first-order valence-corrected chi connectivity index (χ1v) is 8.06. The van der Waals surface area contributed by atoms with Crippen molar-refractivity contribution >= 4 is 0 Å². The van der Waals surface area contributed by atoms with Gasteiger partial charge in [-0.05, 0) is 31.9 Å². The normalized spacial score (nSPS) is 22.7. The van der Waals surface area contributed by atoms with Crippen molar-refractivity contribution in [1.29, 1.82) is 0 Å². The Morgan fingerprint density at radius 3 is 2.57 bits per heavy atom. The lowest BCUT2D eigenvalue weighted by atomic mass is 10.0. The first-order valence-electron chi connectivity index (χ1n) is 8.06. The van der Waals surface area contributed by atoms with Crippen LogP contribution in [0.1, 0.15) is 45.7 Å². The molecule has 1 aliphatic rings. The van der Waals surface area contributed by atoms with Crippen molar-refractivity contribution in [3.63, 3.8) is 0 Å². The molecule has 1 aromatic rings. The minimum atomic E-state index is -0.0528. The maximum atomic E-state index is 6.00. The van der Waals surface area contributed by atoms with E-state index in [1.165, 1.54) is 11.1 Å². The van der Waals surface area contributed by atoms with Crippen LogP contribution in [0.4, 0.5) is 0 Å². The summed E-state index contributed by atoms with van der Waals surface area (Å²) in [4.78, 5) is 2.52. The summed E-state index contributed by atoms with van der Waals surface area (Å²) in [7, 11) is 0. The minimum absolute atomic E-state index is 0.0528. The molecule has 3 heteroatoms. The van der Waals surface area contributed by atoms with Gasteiger partial charge in [0, 0.05) is 32.2 Å². The van der Waals surface area contributed by atoms with Crippen LogP contribution in [0.5, 0.6) is 0 Å². The molecule has 1 N–H and O–H groups in total. The predicted octanol–water partition coefficient (Wildman–Crippen LogP) is 3.18. The van der Waals surface area contributed by atoms with Crippen molar-refractivity contribution in [2.24, 2.45) is 0 Å². The number of hydrogen-bond donors (Lipinski definition) is 1. The van der Waals surface area contributed by atoms with E-state index in [4.69, 9.17) is 4.74 Å². The molecule has 0 radical (unpaired) electrons. The SMILES string of the molecule is CC(C)NCc1ccccc1CN1CC(C)OC(C)(C)C1. The molecular weight excluding hydrogens is 260 g/mol. The van der Waals surface area contributed by atoms with Crippen molar-refractivity contribution in [3.05, 3.63) is 35.4 Å². The third kappa shape index (κ3) is 5.10. The van der Waals surface area contributed by atoms with Crippen LogP contribution < -0.4 is 5.32 Å². The van der Waals surface area contributed by atoms with Crippen LogP contribution in [0, 0.1) is 0 Å². The van der Waals surface area contributed by atoms with Gasteiger partial charge in [-0.1, -0.05) is 38.1 Å². The Labute approximate surface area is 129 Å². The van der Waals surface area contributed by atoms with E-state index in [0.29, 0.717) is 12.1 Å². The van der Waals surface area contributed by atoms with Crippen LogP contribution in [0.25, 0.3) is 0 Å².